The molecule has 0 bridgehead atoms. The van der Waals surface area contributed by atoms with Crippen molar-refractivity contribution in [2.45, 2.75) is 20.3 Å². The highest BCUT2D eigenvalue weighted by atomic mass is 19.1. The molecule has 0 aliphatic heterocycles. The van der Waals surface area contributed by atoms with Gasteiger partial charge in [-0.25, -0.2) is 4.39 Å². The SMILES string of the molecule is CC(C)CCOc1cc(C(N)=O)c(N)cc1F. The van der Waals surface area contributed by atoms with Gasteiger partial charge >= 0.3 is 0 Å². The Morgan fingerprint density at radius 2 is 2.12 bits per heavy atom. The summed E-state index contributed by atoms with van der Waals surface area (Å²) >= 11 is 0. The number of hydrogen-bond acceptors (Lipinski definition) is 3. The predicted molar refractivity (Wildman–Crippen MR) is 64.3 cm³/mol. The van der Waals surface area contributed by atoms with Gasteiger partial charge in [0.2, 0.25) is 0 Å². The second-order valence-electron chi connectivity index (χ2n) is 4.27. The molecular weight excluding hydrogens is 223 g/mol. The first-order valence-corrected chi connectivity index (χ1v) is 5.43. The maximum absolute atomic E-state index is 13.5. The summed E-state index contributed by atoms with van der Waals surface area (Å²) in [4.78, 5) is 11.0. The second-order valence-corrected chi connectivity index (χ2v) is 4.27. The van der Waals surface area contributed by atoms with Crippen LogP contribution in [0.4, 0.5) is 10.1 Å². The first-order valence-electron chi connectivity index (χ1n) is 5.43. The normalized spacial score (nSPS) is 10.6. The number of primary amides is 1. The van der Waals surface area contributed by atoms with Crippen molar-refractivity contribution in [3.63, 3.8) is 0 Å². The van der Waals surface area contributed by atoms with Crippen LogP contribution in [-0.4, -0.2) is 12.5 Å². The molecule has 94 valence electrons. The van der Waals surface area contributed by atoms with Crippen molar-refractivity contribution in [3.8, 4) is 5.75 Å². The molecule has 0 radical (unpaired) electrons. The van der Waals surface area contributed by atoms with Crippen LogP contribution < -0.4 is 16.2 Å². The van der Waals surface area contributed by atoms with Gasteiger partial charge in [-0.3, -0.25) is 4.79 Å². The Balaban J connectivity index is 2.84. The van der Waals surface area contributed by atoms with Gasteiger partial charge in [0.15, 0.2) is 11.6 Å². The highest BCUT2D eigenvalue weighted by Crippen LogP contribution is 2.24. The van der Waals surface area contributed by atoms with E-state index in [1.807, 2.05) is 13.8 Å². The quantitative estimate of drug-likeness (QED) is 0.772. The fourth-order valence-electron chi connectivity index (χ4n) is 1.30. The summed E-state index contributed by atoms with van der Waals surface area (Å²) in [5, 5.41) is 0. The number of amides is 1. The molecule has 0 unspecified atom stereocenters. The van der Waals surface area contributed by atoms with Crippen molar-refractivity contribution in [2.75, 3.05) is 12.3 Å². The summed E-state index contributed by atoms with van der Waals surface area (Å²) in [6.45, 7) is 4.46. The molecule has 4 nitrogen and oxygen atoms in total. The van der Waals surface area contributed by atoms with Crippen molar-refractivity contribution in [1.82, 2.24) is 0 Å². The van der Waals surface area contributed by atoms with E-state index in [-0.39, 0.29) is 17.0 Å². The molecule has 0 atom stereocenters. The summed E-state index contributed by atoms with van der Waals surface area (Å²) < 4.78 is 18.7. The Morgan fingerprint density at radius 1 is 1.47 bits per heavy atom. The number of benzene rings is 1. The average molecular weight is 240 g/mol. The summed E-state index contributed by atoms with van der Waals surface area (Å²) in [5.41, 5.74) is 10.7. The van der Waals surface area contributed by atoms with E-state index in [0.717, 1.165) is 12.5 Å². The molecule has 0 aromatic heterocycles. The first-order chi connectivity index (χ1) is 7.91. The summed E-state index contributed by atoms with van der Waals surface area (Å²) in [6, 6.07) is 2.29. The number of anilines is 1. The molecule has 1 rings (SSSR count). The Bertz CT molecular complexity index is 419. The maximum atomic E-state index is 13.5. The number of ether oxygens (including phenoxy) is 1. The topological polar surface area (TPSA) is 78.3 Å². The molecule has 4 N–H and O–H groups in total. The third kappa shape index (κ3) is 3.62. The van der Waals surface area contributed by atoms with Gasteiger partial charge in [-0.1, -0.05) is 13.8 Å². The van der Waals surface area contributed by atoms with Gasteiger partial charge in [-0.2, -0.15) is 0 Å². The van der Waals surface area contributed by atoms with Gasteiger partial charge in [-0.05, 0) is 18.4 Å². The van der Waals surface area contributed by atoms with Crippen LogP contribution in [-0.2, 0) is 0 Å². The smallest absolute Gasteiger partial charge is 0.250 e. The summed E-state index contributed by atoms with van der Waals surface area (Å²) in [7, 11) is 0. The van der Waals surface area contributed by atoms with Crippen LogP contribution in [0, 0.1) is 11.7 Å². The van der Waals surface area contributed by atoms with E-state index in [0.29, 0.717) is 12.5 Å². The number of nitrogens with two attached hydrogens (primary N) is 2. The molecule has 1 amide bonds. The molecule has 0 saturated heterocycles. The second kappa shape index (κ2) is 5.52. The van der Waals surface area contributed by atoms with E-state index >= 15 is 0 Å². The molecule has 0 heterocycles. The lowest BCUT2D eigenvalue weighted by atomic mass is 10.1. The minimum Gasteiger partial charge on any atom is -0.490 e. The monoisotopic (exact) mass is 240 g/mol. The van der Waals surface area contributed by atoms with Crippen molar-refractivity contribution in [3.05, 3.63) is 23.5 Å². The largest absolute Gasteiger partial charge is 0.490 e. The van der Waals surface area contributed by atoms with E-state index in [2.05, 4.69) is 0 Å². The van der Waals surface area contributed by atoms with Crippen LogP contribution in [0.1, 0.15) is 30.6 Å². The molecular formula is C12H17FN2O2. The van der Waals surface area contributed by atoms with Crippen molar-refractivity contribution < 1.29 is 13.9 Å². The molecule has 0 spiro atoms. The van der Waals surface area contributed by atoms with Crippen LogP contribution in [0.25, 0.3) is 0 Å². The fraction of sp³-hybridized carbons (Fsp3) is 0.417. The van der Waals surface area contributed by atoms with Gasteiger partial charge in [0.1, 0.15) is 0 Å². The lowest BCUT2D eigenvalue weighted by Crippen LogP contribution is -2.14. The minimum atomic E-state index is -0.698. The van der Waals surface area contributed by atoms with E-state index in [9.17, 15) is 9.18 Å². The van der Waals surface area contributed by atoms with E-state index in [1.165, 1.54) is 6.07 Å². The molecule has 17 heavy (non-hydrogen) atoms. The van der Waals surface area contributed by atoms with Crippen LogP contribution in [0.2, 0.25) is 0 Å². The van der Waals surface area contributed by atoms with Gasteiger partial charge in [0, 0.05) is 11.8 Å². The molecule has 1 aromatic carbocycles. The fourth-order valence-corrected chi connectivity index (χ4v) is 1.30. The predicted octanol–water partition coefficient (Wildman–Crippen LogP) is 1.93. The Hall–Kier alpha value is -1.78. The lowest BCUT2D eigenvalue weighted by Gasteiger charge is -2.11. The number of carbonyl (C=O) groups is 1. The number of carbonyl (C=O) groups excluding carboxylic acids is 1. The zero-order valence-corrected chi connectivity index (χ0v) is 10.00. The Morgan fingerprint density at radius 3 is 2.65 bits per heavy atom. The van der Waals surface area contributed by atoms with Gasteiger partial charge in [0.05, 0.1) is 12.2 Å². The molecule has 1 aromatic rings. The highest BCUT2D eigenvalue weighted by Gasteiger charge is 2.12. The summed E-state index contributed by atoms with van der Waals surface area (Å²) in [5.74, 6) is -0.816. The zero-order valence-electron chi connectivity index (χ0n) is 10.00. The number of rotatable bonds is 5. The number of hydrogen-bond donors (Lipinski definition) is 2. The number of halogens is 1. The molecule has 0 aliphatic carbocycles. The lowest BCUT2D eigenvalue weighted by molar-refractivity contribution is 0.100. The van der Waals surface area contributed by atoms with Gasteiger partial charge < -0.3 is 16.2 Å². The van der Waals surface area contributed by atoms with E-state index in [1.54, 1.807) is 0 Å². The van der Waals surface area contributed by atoms with Crippen molar-refractivity contribution in [2.24, 2.45) is 11.7 Å². The van der Waals surface area contributed by atoms with Crippen LogP contribution in [0.3, 0.4) is 0 Å². The molecule has 0 aliphatic rings. The van der Waals surface area contributed by atoms with Crippen molar-refractivity contribution >= 4 is 11.6 Å². The van der Waals surface area contributed by atoms with E-state index in [4.69, 9.17) is 16.2 Å². The first kappa shape index (κ1) is 13.3. The standard InChI is InChI=1S/C12H17FN2O2/c1-7(2)3-4-17-11-5-8(12(15)16)10(14)6-9(11)13/h5-7H,3-4,14H2,1-2H3,(H2,15,16). The van der Waals surface area contributed by atoms with Gasteiger partial charge in [0.25, 0.3) is 5.91 Å². The van der Waals surface area contributed by atoms with E-state index < -0.39 is 11.7 Å². The Labute approximate surface area is 99.7 Å². The molecule has 0 saturated carbocycles. The minimum absolute atomic E-state index is 0.00801. The van der Waals surface area contributed by atoms with Gasteiger partial charge in [-0.15, -0.1) is 0 Å². The van der Waals surface area contributed by atoms with Crippen LogP contribution in [0.5, 0.6) is 5.75 Å². The Kier molecular flexibility index (Phi) is 4.31. The zero-order chi connectivity index (χ0) is 13.0. The third-order valence-corrected chi connectivity index (χ3v) is 2.32. The number of nitrogen functional groups attached to an aromatic ring is 1. The molecule has 5 heteroatoms. The average Bonchev–Trinajstić information content (AvgIpc) is 2.20. The summed E-state index contributed by atoms with van der Waals surface area (Å²) in [6.07, 6.45) is 0.801. The third-order valence-electron chi connectivity index (χ3n) is 2.32. The highest BCUT2D eigenvalue weighted by molar-refractivity contribution is 5.98. The maximum Gasteiger partial charge on any atom is 0.250 e. The van der Waals surface area contributed by atoms with Crippen molar-refractivity contribution in [1.29, 1.82) is 0 Å². The van der Waals surface area contributed by atoms with Crippen LogP contribution in [0.15, 0.2) is 12.1 Å². The molecule has 0 fully saturated rings. The van der Waals surface area contributed by atoms with Crippen LogP contribution >= 0.6 is 0 Å².